The van der Waals surface area contributed by atoms with Gasteiger partial charge < -0.3 is 5.32 Å². The van der Waals surface area contributed by atoms with E-state index < -0.39 is 0 Å². The number of anilines is 1. The van der Waals surface area contributed by atoms with Gasteiger partial charge in [0.05, 0.1) is 11.7 Å². The molecule has 1 heterocycles. The third kappa shape index (κ3) is 2.75. The molecule has 1 unspecified atom stereocenters. The van der Waals surface area contributed by atoms with E-state index >= 15 is 0 Å². The number of nitrogens with zero attached hydrogens (tertiary/aromatic N) is 2. The average molecular weight is 308 g/mol. The second kappa shape index (κ2) is 5.14. The van der Waals surface area contributed by atoms with Gasteiger partial charge in [0, 0.05) is 29.0 Å². The first-order valence-electron chi connectivity index (χ1n) is 6.00. The maximum Gasteiger partial charge on any atom is 0.0646 e. The Balaban J connectivity index is 2.23. The molecule has 1 N–H and O–H groups in total. The minimum Gasteiger partial charge on any atom is -0.378 e. The Morgan fingerprint density at radius 1 is 1.33 bits per heavy atom. The fraction of sp³-hybridized carbons (Fsp3) is 0.357. The summed E-state index contributed by atoms with van der Waals surface area (Å²) in [6.07, 6.45) is 2.07. The highest BCUT2D eigenvalue weighted by molar-refractivity contribution is 9.10. The molecular weight excluding hydrogens is 290 g/mol. The lowest BCUT2D eigenvalue weighted by molar-refractivity contribution is 0.756. The molecule has 1 atom stereocenters. The summed E-state index contributed by atoms with van der Waals surface area (Å²) < 4.78 is 2.95. The number of hydrogen-bond acceptors (Lipinski definition) is 2. The quantitative estimate of drug-likeness (QED) is 0.929. The average Bonchev–Trinajstić information content (AvgIpc) is 2.63. The van der Waals surface area contributed by atoms with Crippen molar-refractivity contribution in [3.05, 3.63) is 45.7 Å². The van der Waals surface area contributed by atoms with Gasteiger partial charge in [-0.1, -0.05) is 22.0 Å². The minimum atomic E-state index is 0.242. The van der Waals surface area contributed by atoms with Crippen molar-refractivity contribution in [2.75, 3.05) is 5.32 Å². The summed E-state index contributed by atoms with van der Waals surface area (Å²) in [5, 5.41) is 7.92. The van der Waals surface area contributed by atoms with E-state index in [4.69, 9.17) is 0 Å². The van der Waals surface area contributed by atoms with Gasteiger partial charge in [-0.3, -0.25) is 4.68 Å². The van der Waals surface area contributed by atoms with Crippen molar-refractivity contribution in [1.82, 2.24) is 9.78 Å². The van der Waals surface area contributed by atoms with Crippen LogP contribution in [0.3, 0.4) is 0 Å². The van der Waals surface area contributed by atoms with Crippen LogP contribution < -0.4 is 5.32 Å². The van der Waals surface area contributed by atoms with Crippen LogP contribution in [0.5, 0.6) is 0 Å². The van der Waals surface area contributed by atoms with Crippen LogP contribution in [0, 0.1) is 13.8 Å². The molecule has 1 aromatic heterocycles. The Hall–Kier alpha value is -1.29. The molecule has 0 aliphatic carbocycles. The number of nitrogens with one attached hydrogen (secondary N) is 1. The monoisotopic (exact) mass is 307 g/mol. The van der Waals surface area contributed by atoms with Crippen molar-refractivity contribution < 1.29 is 0 Å². The van der Waals surface area contributed by atoms with Crippen molar-refractivity contribution in [2.45, 2.75) is 26.8 Å². The summed E-state index contributed by atoms with van der Waals surface area (Å²) in [4.78, 5) is 0. The first-order valence-corrected chi connectivity index (χ1v) is 6.79. The van der Waals surface area contributed by atoms with E-state index in [0.717, 1.165) is 15.9 Å². The summed E-state index contributed by atoms with van der Waals surface area (Å²) in [5.41, 5.74) is 4.70. The lowest BCUT2D eigenvalue weighted by Gasteiger charge is -2.17. The molecule has 2 rings (SSSR count). The highest BCUT2D eigenvalue weighted by Gasteiger charge is 2.12. The second-order valence-electron chi connectivity index (χ2n) is 4.67. The van der Waals surface area contributed by atoms with Crippen LogP contribution in [-0.2, 0) is 7.05 Å². The SMILES string of the molecule is Cc1ccc(Br)cc1NC(C)c1cn(C)nc1C. The predicted molar refractivity (Wildman–Crippen MR) is 78.9 cm³/mol. The zero-order valence-electron chi connectivity index (χ0n) is 11.2. The van der Waals surface area contributed by atoms with Gasteiger partial charge in [-0.25, -0.2) is 0 Å². The van der Waals surface area contributed by atoms with Crippen LogP contribution in [0.1, 0.15) is 29.8 Å². The molecule has 0 bridgehead atoms. The van der Waals surface area contributed by atoms with Crippen LogP contribution in [-0.4, -0.2) is 9.78 Å². The molecule has 96 valence electrons. The third-order valence-electron chi connectivity index (χ3n) is 3.09. The van der Waals surface area contributed by atoms with E-state index in [0.29, 0.717) is 0 Å². The highest BCUT2D eigenvalue weighted by Crippen LogP contribution is 2.26. The molecule has 3 nitrogen and oxygen atoms in total. The predicted octanol–water partition coefficient (Wildman–Crippen LogP) is 3.97. The van der Waals surface area contributed by atoms with E-state index in [1.807, 2.05) is 18.7 Å². The van der Waals surface area contributed by atoms with Gasteiger partial charge >= 0.3 is 0 Å². The van der Waals surface area contributed by atoms with Crippen molar-refractivity contribution in [3.63, 3.8) is 0 Å². The molecule has 1 aromatic carbocycles. The number of benzene rings is 1. The summed E-state index contributed by atoms with van der Waals surface area (Å²) >= 11 is 3.50. The Bertz CT molecular complexity index is 560. The smallest absolute Gasteiger partial charge is 0.0646 e. The van der Waals surface area contributed by atoms with E-state index in [1.165, 1.54) is 11.1 Å². The summed E-state index contributed by atoms with van der Waals surface area (Å²) in [5.74, 6) is 0. The van der Waals surface area contributed by atoms with Crippen LogP contribution in [0.15, 0.2) is 28.9 Å². The van der Waals surface area contributed by atoms with Gasteiger partial charge in [0.25, 0.3) is 0 Å². The Kier molecular flexibility index (Phi) is 3.76. The lowest BCUT2D eigenvalue weighted by atomic mass is 10.1. The van der Waals surface area contributed by atoms with Crippen LogP contribution in [0.2, 0.25) is 0 Å². The molecule has 0 saturated carbocycles. The minimum absolute atomic E-state index is 0.242. The Labute approximate surface area is 116 Å². The third-order valence-corrected chi connectivity index (χ3v) is 3.58. The molecular formula is C14H18BrN3. The van der Waals surface area contributed by atoms with Gasteiger partial charge in [0.15, 0.2) is 0 Å². The molecule has 0 fully saturated rings. The van der Waals surface area contributed by atoms with E-state index in [1.54, 1.807) is 0 Å². The molecule has 0 spiro atoms. The van der Waals surface area contributed by atoms with Crippen molar-refractivity contribution >= 4 is 21.6 Å². The van der Waals surface area contributed by atoms with Gasteiger partial charge in [-0.2, -0.15) is 5.10 Å². The fourth-order valence-corrected chi connectivity index (χ4v) is 2.46. The normalized spacial score (nSPS) is 12.5. The molecule has 0 aliphatic rings. The van der Waals surface area contributed by atoms with Crippen molar-refractivity contribution in [3.8, 4) is 0 Å². The maximum atomic E-state index is 4.38. The Morgan fingerprint density at radius 2 is 2.06 bits per heavy atom. The molecule has 4 heteroatoms. The topological polar surface area (TPSA) is 29.9 Å². The largest absolute Gasteiger partial charge is 0.378 e. The number of halogens is 1. The number of aryl methyl sites for hydroxylation is 3. The van der Waals surface area contributed by atoms with Crippen molar-refractivity contribution in [1.29, 1.82) is 0 Å². The number of rotatable bonds is 3. The van der Waals surface area contributed by atoms with E-state index in [2.05, 4.69) is 64.6 Å². The van der Waals surface area contributed by atoms with Crippen molar-refractivity contribution in [2.24, 2.45) is 7.05 Å². The highest BCUT2D eigenvalue weighted by atomic mass is 79.9. The maximum absolute atomic E-state index is 4.38. The standard InChI is InChI=1S/C14H18BrN3/c1-9-5-6-12(15)7-14(9)16-10(2)13-8-18(4)17-11(13)3/h5-8,10,16H,1-4H3. The second-order valence-corrected chi connectivity index (χ2v) is 5.58. The van der Waals surface area contributed by atoms with Crippen LogP contribution in [0.25, 0.3) is 0 Å². The van der Waals surface area contributed by atoms with Gasteiger partial charge in [0.1, 0.15) is 0 Å². The van der Waals surface area contributed by atoms with Gasteiger partial charge in [-0.05, 0) is 38.5 Å². The molecule has 0 saturated heterocycles. The summed E-state index contributed by atoms with van der Waals surface area (Å²) in [6, 6.07) is 6.51. The molecule has 0 amide bonds. The zero-order chi connectivity index (χ0) is 13.3. The molecule has 0 radical (unpaired) electrons. The Morgan fingerprint density at radius 3 is 2.67 bits per heavy atom. The molecule has 18 heavy (non-hydrogen) atoms. The van der Waals surface area contributed by atoms with Gasteiger partial charge in [0.2, 0.25) is 0 Å². The van der Waals surface area contributed by atoms with E-state index in [-0.39, 0.29) is 6.04 Å². The first-order chi connectivity index (χ1) is 8.47. The lowest BCUT2D eigenvalue weighted by Crippen LogP contribution is -2.08. The first kappa shape index (κ1) is 13.1. The fourth-order valence-electron chi connectivity index (χ4n) is 2.10. The van der Waals surface area contributed by atoms with Crippen LogP contribution >= 0.6 is 15.9 Å². The number of aromatic nitrogens is 2. The number of hydrogen-bond donors (Lipinski definition) is 1. The van der Waals surface area contributed by atoms with E-state index in [9.17, 15) is 0 Å². The van der Waals surface area contributed by atoms with Crippen LogP contribution in [0.4, 0.5) is 5.69 Å². The van der Waals surface area contributed by atoms with Gasteiger partial charge in [-0.15, -0.1) is 0 Å². The summed E-state index contributed by atoms with van der Waals surface area (Å²) in [6.45, 7) is 6.31. The zero-order valence-corrected chi connectivity index (χ0v) is 12.7. The summed E-state index contributed by atoms with van der Waals surface area (Å²) in [7, 11) is 1.95. The molecule has 0 aliphatic heterocycles. The molecule has 2 aromatic rings.